The van der Waals surface area contributed by atoms with Crippen LogP contribution in [0.3, 0.4) is 0 Å². The quantitative estimate of drug-likeness (QED) is 0.127. The summed E-state index contributed by atoms with van der Waals surface area (Å²) in [5, 5.41) is 20.4. The van der Waals surface area contributed by atoms with Crippen LogP contribution in [0, 0.1) is 46.3 Å². The first-order valence-corrected chi connectivity index (χ1v) is 17.3. The van der Waals surface area contributed by atoms with E-state index >= 15 is 0 Å². The van der Waals surface area contributed by atoms with Crippen LogP contribution in [0.1, 0.15) is 133 Å². The van der Waals surface area contributed by atoms with E-state index in [2.05, 4.69) is 118 Å². The molecule has 1 aliphatic heterocycles. The summed E-state index contributed by atoms with van der Waals surface area (Å²) in [5.41, 5.74) is 1.99. The Balaban J connectivity index is 1.31. The summed E-state index contributed by atoms with van der Waals surface area (Å²) >= 11 is 0. The van der Waals surface area contributed by atoms with E-state index in [1.165, 1.54) is 36.8 Å². The lowest BCUT2D eigenvalue weighted by molar-refractivity contribution is 0.0513. The molecule has 1 saturated carbocycles. The molecule has 0 bridgehead atoms. The van der Waals surface area contributed by atoms with Gasteiger partial charge in [0.15, 0.2) is 0 Å². The monoisotopic (exact) mass is 592 g/mol. The SMILES string of the molecule is CC1=C(C#CC(C)C/C=C/C(C)CC/C=C/C(C)CCCC(C)/C=C/[C@@]23O[C@]2(C)C[C@@H](O)CC3(C)C)C(C)(C)C[C@H](O)C1. The topological polar surface area (TPSA) is 53.0 Å². The minimum Gasteiger partial charge on any atom is -0.393 e. The molecule has 0 aromatic heterocycles. The third-order valence-corrected chi connectivity index (χ3v) is 10.5. The zero-order valence-electron chi connectivity index (χ0n) is 29.3. The first-order chi connectivity index (χ1) is 20.0. The third kappa shape index (κ3) is 9.45. The highest BCUT2D eigenvalue weighted by atomic mass is 16.6. The normalized spacial score (nSPS) is 32.8. The Labute approximate surface area is 265 Å². The molecule has 0 aromatic rings. The first-order valence-electron chi connectivity index (χ1n) is 17.3. The molecule has 2 N–H and O–H groups in total. The van der Waals surface area contributed by atoms with Gasteiger partial charge in [0.1, 0.15) is 11.2 Å². The molecule has 0 aromatic carbocycles. The lowest BCUT2D eigenvalue weighted by atomic mass is 9.63. The largest absolute Gasteiger partial charge is 0.393 e. The van der Waals surface area contributed by atoms with Gasteiger partial charge in [-0.3, -0.25) is 0 Å². The summed E-state index contributed by atoms with van der Waals surface area (Å²) in [4.78, 5) is 0. The maximum absolute atomic E-state index is 10.3. The van der Waals surface area contributed by atoms with Gasteiger partial charge in [0.05, 0.1) is 12.2 Å². The van der Waals surface area contributed by atoms with Gasteiger partial charge in [0, 0.05) is 28.7 Å². The van der Waals surface area contributed by atoms with Gasteiger partial charge in [0.2, 0.25) is 0 Å². The van der Waals surface area contributed by atoms with Crippen molar-refractivity contribution in [3.63, 3.8) is 0 Å². The van der Waals surface area contributed by atoms with E-state index in [9.17, 15) is 10.2 Å². The molecule has 1 saturated heterocycles. The summed E-state index contributed by atoms with van der Waals surface area (Å²) < 4.78 is 6.30. The molecule has 0 amide bonds. The minimum atomic E-state index is -0.255. The summed E-state index contributed by atoms with van der Waals surface area (Å²) in [6.45, 7) is 22.4. The van der Waals surface area contributed by atoms with Crippen molar-refractivity contribution in [1.29, 1.82) is 0 Å². The second-order valence-corrected chi connectivity index (χ2v) is 16.2. The van der Waals surface area contributed by atoms with Crippen LogP contribution in [0.2, 0.25) is 0 Å². The fourth-order valence-electron chi connectivity index (χ4n) is 7.95. The van der Waals surface area contributed by atoms with Crippen LogP contribution < -0.4 is 0 Å². The fourth-order valence-corrected chi connectivity index (χ4v) is 7.95. The Morgan fingerprint density at radius 1 is 0.837 bits per heavy atom. The van der Waals surface area contributed by atoms with Crippen LogP contribution in [-0.2, 0) is 4.74 Å². The fraction of sp³-hybridized carbons (Fsp3) is 0.750. The number of rotatable bonds is 13. The Morgan fingerprint density at radius 3 is 2.12 bits per heavy atom. The minimum absolute atomic E-state index is 0.0351. The van der Waals surface area contributed by atoms with E-state index in [1.54, 1.807) is 0 Å². The van der Waals surface area contributed by atoms with Crippen LogP contribution in [-0.4, -0.2) is 33.6 Å². The summed E-state index contributed by atoms with van der Waals surface area (Å²) in [7, 11) is 0. The second kappa shape index (κ2) is 14.7. The Morgan fingerprint density at radius 2 is 1.47 bits per heavy atom. The molecule has 3 rings (SSSR count). The van der Waals surface area contributed by atoms with Crippen molar-refractivity contribution in [2.45, 2.75) is 157 Å². The van der Waals surface area contributed by atoms with E-state index < -0.39 is 0 Å². The average molecular weight is 593 g/mol. The highest BCUT2D eigenvalue weighted by Gasteiger charge is 2.74. The predicted octanol–water partition coefficient (Wildman–Crippen LogP) is 9.75. The number of fused-ring (bicyclic) bond motifs is 1. The van der Waals surface area contributed by atoms with Crippen LogP contribution in [0.4, 0.5) is 0 Å². The molecule has 3 nitrogen and oxygen atoms in total. The Bertz CT molecular complexity index is 1110. The molecule has 1 heterocycles. The van der Waals surface area contributed by atoms with Crippen LogP contribution in [0.15, 0.2) is 47.6 Å². The molecular formula is C40H64O3. The lowest BCUT2D eigenvalue weighted by Crippen LogP contribution is -2.46. The molecule has 2 fully saturated rings. The zero-order valence-corrected chi connectivity index (χ0v) is 29.3. The Kier molecular flexibility index (Phi) is 12.2. The number of epoxide rings is 1. The van der Waals surface area contributed by atoms with Gasteiger partial charge >= 0.3 is 0 Å². The highest BCUT2D eigenvalue weighted by Crippen LogP contribution is 2.66. The molecule has 3 heteroatoms. The molecule has 8 atom stereocenters. The van der Waals surface area contributed by atoms with Gasteiger partial charge in [-0.2, -0.15) is 0 Å². The van der Waals surface area contributed by atoms with Crippen molar-refractivity contribution in [2.75, 3.05) is 0 Å². The van der Waals surface area contributed by atoms with Gasteiger partial charge in [-0.1, -0.05) is 116 Å². The second-order valence-electron chi connectivity index (χ2n) is 16.2. The molecule has 0 spiro atoms. The number of hydrogen-bond acceptors (Lipinski definition) is 3. The van der Waals surface area contributed by atoms with Crippen molar-refractivity contribution >= 4 is 0 Å². The van der Waals surface area contributed by atoms with Crippen LogP contribution >= 0.6 is 0 Å². The summed E-state index contributed by atoms with van der Waals surface area (Å²) in [5.74, 6) is 9.02. The number of allylic oxidation sites excluding steroid dienone is 6. The third-order valence-electron chi connectivity index (χ3n) is 10.5. The number of aliphatic hydroxyl groups is 2. The summed E-state index contributed by atoms with van der Waals surface area (Å²) in [6.07, 6.45) is 23.8. The van der Waals surface area contributed by atoms with E-state index in [0.29, 0.717) is 23.7 Å². The van der Waals surface area contributed by atoms with Gasteiger partial charge in [-0.05, 0) is 83.0 Å². The van der Waals surface area contributed by atoms with Crippen molar-refractivity contribution in [2.24, 2.45) is 34.5 Å². The van der Waals surface area contributed by atoms with Gasteiger partial charge in [-0.15, -0.1) is 0 Å². The molecule has 4 unspecified atom stereocenters. The zero-order chi connectivity index (χ0) is 32.1. The lowest BCUT2D eigenvalue weighted by Gasteiger charge is -2.39. The van der Waals surface area contributed by atoms with Crippen molar-refractivity contribution < 1.29 is 14.9 Å². The maximum Gasteiger partial charge on any atom is 0.121 e. The molecule has 3 aliphatic rings. The first kappa shape index (κ1) is 35.9. The van der Waals surface area contributed by atoms with E-state index in [-0.39, 0.29) is 34.2 Å². The maximum atomic E-state index is 10.3. The number of hydrogen-bond donors (Lipinski definition) is 2. The van der Waals surface area contributed by atoms with E-state index in [0.717, 1.165) is 38.5 Å². The van der Waals surface area contributed by atoms with Crippen molar-refractivity contribution in [3.05, 3.63) is 47.6 Å². The van der Waals surface area contributed by atoms with Crippen molar-refractivity contribution in [1.82, 2.24) is 0 Å². The smallest absolute Gasteiger partial charge is 0.121 e. The molecule has 43 heavy (non-hydrogen) atoms. The molecular weight excluding hydrogens is 528 g/mol. The van der Waals surface area contributed by atoms with Gasteiger partial charge < -0.3 is 14.9 Å². The van der Waals surface area contributed by atoms with Crippen LogP contribution in [0.25, 0.3) is 0 Å². The Hall–Kier alpha value is -1.60. The number of ether oxygens (including phenoxy) is 1. The van der Waals surface area contributed by atoms with Gasteiger partial charge in [0.25, 0.3) is 0 Å². The molecule has 242 valence electrons. The number of aliphatic hydroxyl groups excluding tert-OH is 2. The standard InChI is InChI=1S/C40H64O3/c1-29(17-13-19-31(3)21-22-36-33(5)25-34(41)26-37(36,6)7)15-11-12-16-30(2)18-14-20-32(4)23-24-40-38(8,9)27-35(42)28-39(40,10)43-40/h12-13,16-17,23-24,29-32,34-35,41-42H,11,14-15,18-20,25-28H2,1-10H3/b16-12+,17-13+,24-23+/t29?,30?,31?,32?,34-,35+,39-,40+/m1/s1. The van der Waals surface area contributed by atoms with E-state index in [1.807, 2.05) is 0 Å². The summed E-state index contributed by atoms with van der Waals surface area (Å²) in [6, 6.07) is 0. The predicted molar refractivity (Wildman–Crippen MR) is 183 cm³/mol. The molecule has 2 aliphatic carbocycles. The van der Waals surface area contributed by atoms with Crippen molar-refractivity contribution in [3.8, 4) is 11.8 Å². The van der Waals surface area contributed by atoms with Crippen LogP contribution in [0.5, 0.6) is 0 Å². The molecule has 0 radical (unpaired) electrons. The van der Waals surface area contributed by atoms with Gasteiger partial charge in [-0.25, -0.2) is 0 Å². The van der Waals surface area contributed by atoms with E-state index in [4.69, 9.17) is 4.74 Å². The average Bonchev–Trinajstić information content (AvgIpc) is 3.49. The highest BCUT2D eigenvalue weighted by molar-refractivity contribution is 5.40.